The zero-order valence-electron chi connectivity index (χ0n) is 11.0. The average Bonchev–Trinajstić information content (AvgIpc) is 2.61. The first-order chi connectivity index (χ1) is 9.50. The Kier molecular flexibility index (Phi) is 4.57. The summed E-state index contributed by atoms with van der Waals surface area (Å²) in [7, 11) is 0. The van der Waals surface area contributed by atoms with Crippen LogP contribution in [0, 0.1) is 10.1 Å². The van der Waals surface area contributed by atoms with Crippen molar-refractivity contribution in [1.29, 1.82) is 0 Å². The second-order valence-electron chi connectivity index (χ2n) is 4.68. The summed E-state index contributed by atoms with van der Waals surface area (Å²) >= 11 is 5.83. The van der Waals surface area contributed by atoms with Crippen molar-refractivity contribution in [3.05, 3.63) is 38.9 Å². The summed E-state index contributed by atoms with van der Waals surface area (Å²) in [4.78, 5) is 24.5. The van der Waals surface area contributed by atoms with Gasteiger partial charge in [-0.1, -0.05) is 17.7 Å². The highest BCUT2D eigenvalue weighted by Crippen LogP contribution is 2.29. The number of nitrogens with zero attached hydrogens (tertiary/aromatic N) is 2. The lowest BCUT2D eigenvalue weighted by molar-refractivity contribution is -0.385. The maximum atomic E-state index is 12.5. The normalized spacial score (nSPS) is 19.5. The largest absolute Gasteiger partial charge is 0.377 e. The van der Waals surface area contributed by atoms with Gasteiger partial charge in [-0.15, -0.1) is 0 Å². The van der Waals surface area contributed by atoms with Crippen LogP contribution in [0.3, 0.4) is 0 Å². The topological polar surface area (TPSA) is 72.7 Å². The van der Waals surface area contributed by atoms with Crippen molar-refractivity contribution < 1.29 is 14.5 Å². The first-order valence-electron chi connectivity index (χ1n) is 6.34. The molecule has 1 aromatic rings. The van der Waals surface area contributed by atoms with Gasteiger partial charge in [0.25, 0.3) is 5.91 Å². The van der Waals surface area contributed by atoms with E-state index < -0.39 is 4.92 Å². The first-order valence-corrected chi connectivity index (χ1v) is 6.72. The fraction of sp³-hybridized carbons (Fsp3) is 0.462. The summed E-state index contributed by atoms with van der Waals surface area (Å²) in [5.41, 5.74) is -0.311. The van der Waals surface area contributed by atoms with Crippen LogP contribution in [0.1, 0.15) is 23.7 Å². The molecule has 1 amide bonds. The van der Waals surface area contributed by atoms with E-state index >= 15 is 0 Å². The maximum Gasteiger partial charge on any atom is 0.300 e. The van der Waals surface area contributed by atoms with E-state index in [4.69, 9.17) is 16.3 Å². The zero-order chi connectivity index (χ0) is 14.7. The van der Waals surface area contributed by atoms with E-state index in [1.165, 1.54) is 12.1 Å². The van der Waals surface area contributed by atoms with Crippen LogP contribution in [0.4, 0.5) is 5.69 Å². The Balaban J connectivity index is 2.33. The number of nitro benzene ring substituents is 1. The number of benzene rings is 1. The van der Waals surface area contributed by atoms with Crippen molar-refractivity contribution in [2.75, 3.05) is 19.7 Å². The molecule has 20 heavy (non-hydrogen) atoms. The number of hydrogen-bond donors (Lipinski definition) is 0. The van der Waals surface area contributed by atoms with Gasteiger partial charge in [0.15, 0.2) is 0 Å². The predicted molar refractivity (Wildman–Crippen MR) is 74.0 cm³/mol. The van der Waals surface area contributed by atoms with E-state index in [9.17, 15) is 14.9 Å². The van der Waals surface area contributed by atoms with E-state index in [0.717, 1.165) is 0 Å². The molecule has 108 valence electrons. The monoisotopic (exact) mass is 298 g/mol. The van der Waals surface area contributed by atoms with Crippen molar-refractivity contribution >= 4 is 23.2 Å². The lowest BCUT2D eigenvalue weighted by Gasteiger charge is -2.22. The molecule has 1 aromatic carbocycles. The minimum absolute atomic E-state index is 0.0246. The summed E-state index contributed by atoms with van der Waals surface area (Å²) in [5, 5.41) is 11.1. The Bertz CT molecular complexity index is 535. The number of para-hydroxylation sites is 1. The molecule has 1 unspecified atom stereocenters. The van der Waals surface area contributed by atoms with Crippen LogP contribution in [-0.2, 0) is 4.74 Å². The third kappa shape index (κ3) is 3.08. The van der Waals surface area contributed by atoms with Gasteiger partial charge in [0.05, 0.1) is 11.0 Å². The SMILES string of the molecule is CC1CN(C(=O)c2cccc(Cl)c2[N+](=O)[O-])CCCO1. The van der Waals surface area contributed by atoms with Gasteiger partial charge >= 0.3 is 5.69 Å². The van der Waals surface area contributed by atoms with Gasteiger partial charge in [-0.2, -0.15) is 0 Å². The Hall–Kier alpha value is -1.66. The number of nitro groups is 1. The van der Waals surface area contributed by atoms with Crippen molar-refractivity contribution in [2.45, 2.75) is 19.4 Å². The van der Waals surface area contributed by atoms with E-state index in [0.29, 0.717) is 26.1 Å². The Morgan fingerprint density at radius 3 is 3.00 bits per heavy atom. The number of amides is 1. The van der Waals surface area contributed by atoms with Crippen LogP contribution in [0.15, 0.2) is 18.2 Å². The summed E-state index contributed by atoms with van der Waals surface area (Å²) in [6, 6.07) is 4.38. The molecule has 1 aliphatic heterocycles. The first kappa shape index (κ1) is 14.7. The average molecular weight is 299 g/mol. The van der Waals surface area contributed by atoms with Gasteiger partial charge in [-0.25, -0.2) is 0 Å². The molecule has 0 aromatic heterocycles. The molecule has 0 saturated carbocycles. The Morgan fingerprint density at radius 2 is 2.30 bits per heavy atom. The quantitative estimate of drug-likeness (QED) is 0.621. The van der Waals surface area contributed by atoms with Gasteiger partial charge in [0.2, 0.25) is 0 Å². The minimum Gasteiger partial charge on any atom is -0.377 e. The number of ether oxygens (including phenoxy) is 1. The van der Waals surface area contributed by atoms with Crippen LogP contribution in [0.5, 0.6) is 0 Å². The van der Waals surface area contributed by atoms with E-state index in [1.807, 2.05) is 6.92 Å². The summed E-state index contributed by atoms with van der Waals surface area (Å²) in [5.74, 6) is -0.378. The summed E-state index contributed by atoms with van der Waals surface area (Å²) in [6.45, 7) is 3.40. The number of carbonyl (C=O) groups excluding carboxylic acids is 1. The van der Waals surface area contributed by atoms with Crippen molar-refractivity contribution in [2.24, 2.45) is 0 Å². The standard InChI is InChI=1S/C13H15ClN2O4/c1-9-8-15(6-3-7-20-9)13(17)10-4-2-5-11(14)12(10)16(18)19/h2,4-5,9H,3,6-8H2,1H3. The molecule has 0 aliphatic carbocycles. The van der Waals surface area contributed by atoms with Crippen molar-refractivity contribution in [1.82, 2.24) is 4.90 Å². The molecular formula is C13H15ClN2O4. The third-order valence-corrected chi connectivity index (χ3v) is 3.44. The molecule has 6 nitrogen and oxygen atoms in total. The molecule has 7 heteroatoms. The number of hydrogen-bond acceptors (Lipinski definition) is 4. The molecule has 2 rings (SSSR count). The fourth-order valence-electron chi connectivity index (χ4n) is 2.22. The van der Waals surface area contributed by atoms with Crippen LogP contribution < -0.4 is 0 Å². The van der Waals surface area contributed by atoms with Gasteiger partial charge in [0, 0.05) is 19.7 Å². The zero-order valence-corrected chi connectivity index (χ0v) is 11.8. The second-order valence-corrected chi connectivity index (χ2v) is 5.09. The van der Waals surface area contributed by atoms with E-state index in [1.54, 1.807) is 11.0 Å². The van der Waals surface area contributed by atoms with Gasteiger partial charge < -0.3 is 9.64 Å². The molecule has 0 N–H and O–H groups in total. The highest BCUT2D eigenvalue weighted by atomic mass is 35.5. The third-order valence-electron chi connectivity index (χ3n) is 3.14. The Morgan fingerprint density at radius 1 is 1.55 bits per heavy atom. The van der Waals surface area contributed by atoms with Crippen LogP contribution in [-0.4, -0.2) is 41.5 Å². The van der Waals surface area contributed by atoms with Gasteiger partial charge in [-0.3, -0.25) is 14.9 Å². The number of carbonyl (C=O) groups is 1. The van der Waals surface area contributed by atoms with E-state index in [-0.39, 0.29) is 28.3 Å². The molecular weight excluding hydrogens is 284 g/mol. The van der Waals surface area contributed by atoms with Gasteiger partial charge in [-0.05, 0) is 25.5 Å². The molecule has 0 spiro atoms. The number of halogens is 1. The van der Waals surface area contributed by atoms with Crippen molar-refractivity contribution in [3.63, 3.8) is 0 Å². The van der Waals surface area contributed by atoms with Crippen molar-refractivity contribution in [3.8, 4) is 0 Å². The molecule has 0 bridgehead atoms. The minimum atomic E-state index is -0.618. The smallest absolute Gasteiger partial charge is 0.300 e. The Labute approximate surface area is 121 Å². The second kappa shape index (κ2) is 6.19. The van der Waals surface area contributed by atoms with E-state index in [2.05, 4.69) is 0 Å². The molecule has 1 aliphatic rings. The predicted octanol–water partition coefficient (Wildman–Crippen LogP) is 2.50. The lowest BCUT2D eigenvalue weighted by Crippen LogP contribution is -2.36. The fourth-order valence-corrected chi connectivity index (χ4v) is 2.47. The summed E-state index contributed by atoms with van der Waals surface area (Å²) in [6.07, 6.45) is 0.629. The summed E-state index contributed by atoms with van der Waals surface area (Å²) < 4.78 is 5.47. The highest BCUT2D eigenvalue weighted by molar-refractivity contribution is 6.33. The molecule has 1 saturated heterocycles. The van der Waals surface area contributed by atoms with Crippen LogP contribution in [0.25, 0.3) is 0 Å². The molecule has 0 radical (unpaired) electrons. The molecule has 1 fully saturated rings. The molecule has 1 atom stereocenters. The maximum absolute atomic E-state index is 12.5. The highest BCUT2D eigenvalue weighted by Gasteiger charge is 2.28. The number of rotatable bonds is 2. The lowest BCUT2D eigenvalue weighted by atomic mass is 10.1. The van der Waals surface area contributed by atoms with Crippen LogP contribution >= 0.6 is 11.6 Å². The van der Waals surface area contributed by atoms with Crippen LogP contribution in [0.2, 0.25) is 5.02 Å². The molecule has 1 heterocycles. The van der Waals surface area contributed by atoms with Gasteiger partial charge in [0.1, 0.15) is 10.6 Å².